The van der Waals surface area contributed by atoms with Gasteiger partial charge in [0, 0.05) is 19.2 Å². The van der Waals surface area contributed by atoms with Gasteiger partial charge < -0.3 is 19.9 Å². The van der Waals surface area contributed by atoms with Crippen molar-refractivity contribution in [3.8, 4) is 11.5 Å². The van der Waals surface area contributed by atoms with Gasteiger partial charge in [-0.25, -0.2) is 0 Å². The molecule has 1 rings (SSSR count). The van der Waals surface area contributed by atoms with Crippen LogP contribution in [0.4, 0.5) is 0 Å². The van der Waals surface area contributed by atoms with Crippen molar-refractivity contribution in [2.75, 3.05) is 34.5 Å². The van der Waals surface area contributed by atoms with Crippen LogP contribution in [-0.4, -0.2) is 40.4 Å². The Morgan fingerprint density at radius 2 is 2.00 bits per heavy atom. The number of primary amides is 1. The first-order valence-electron chi connectivity index (χ1n) is 6.26. The van der Waals surface area contributed by atoms with Crippen LogP contribution >= 0.6 is 0 Å². The second-order valence-corrected chi connectivity index (χ2v) is 4.48. The number of benzene rings is 1. The lowest BCUT2D eigenvalue weighted by molar-refractivity contribution is -0.124. The van der Waals surface area contributed by atoms with Crippen molar-refractivity contribution >= 4 is 5.91 Å². The van der Waals surface area contributed by atoms with Gasteiger partial charge in [0.2, 0.25) is 5.91 Å². The third-order valence-corrected chi connectivity index (χ3v) is 3.22. The molecule has 0 saturated carbocycles. The molecule has 1 aromatic rings. The van der Waals surface area contributed by atoms with Crippen molar-refractivity contribution in [3.63, 3.8) is 0 Å². The SMILES string of the molecule is COCCNC(C)(C(N)=O)c1cc(OC)ccc1OC. The molecule has 0 bridgehead atoms. The van der Waals surface area contributed by atoms with Crippen LogP contribution in [0.2, 0.25) is 0 Å². The Bertz CT molecular complexity index is 464. The zero-order chi connectivity index (χ0) is 15.2. The Kier molecular flexibility index (Phi) is 5.79. The number of carbonyl (C=O) groups excluding carboxylic acids is 1. The van der Waals surface area contributed by atoms with Crippen molar-refractivity contribution < 1.29 is 19.0 Å². The summed E-state index contributed by atoms with van der Waals surface area (Å²) in [6.07, 6.45) is 0. The molecule has 0 aliphatic heterocycles. The summed E-state index contributed by atoms with van der Waals surface area (Å²) in [4.78, 5) is 11.9. The molecule has 0 aliphatic carbocycles. The zero-order valence-corrected chi connectivity index (χ0v) is 12.4. The Labute approximate surface area is 119 Å². The molecule has 1 amide bonds. The van der Waals surface area contributed by atoms with E-state index in [4.69, 9.17) is 19.9 Å². The van der Waals surface area contributed by atoms with Crippen LogP contribution in [-0.2, 0) is 15.1 Å². The van der Waals surface area contributed by atoms with Gasteiger partial charge in [-0.05, 0) is 25.1 Å². The van der Waals surface area contributed by atoms with E-state index in [-0.39, 0.29) is 0 Å². The largest absolute Gasteiger partial charge is 0.497 e. The Morgan fingerprint density at radius 3 is 2.50 bits per heavy atom. The average Bonchev–Trinajstić information content (AvgIpc) is 2.46. The summed E-state index contributed by atoms with van der Waals surface area (Å²) in [5, 5.41) is 3.10. The number of ether oxygens (including phenoxy) is 3. The van der Waals surface area contributed by atoms with Crippen LogP contribution < -0.4 is 20.5 Å². The number of amides is 1. The minimum atomic E-state index is -1.07. The summed E-state index contributed by atoms with van der Waals surface area (Å²) in [7, 11) is 4.70. The Balaban J connectivity index is 3.21. The molecule has 0 radical (unpaired) electrons. The highest BCUT2D eigenvalue weighted by Gasteiger charge is 2.35. The number of carbonyl (C=O) groups is 1. The second kappa shape index (κ2) is 7.12. The maximum atomic E-state index is 11.9. The van der Waals surface area contributed by atoms with Gasteiger partial charge in [-0.1, -0.05) is 0 Å². The van der Waals surface area contributed by atoms with Crippen molar-refractivity contribution in [2.45, 2.75) is 12.5 Å². The van der Waals surface area contributed by atoms with E-state index in [1.807, 2.05) is 0 Å². The molecular formula is C14H22N2O4. The first kappa shape index (κ1) is 16.3. The fourth-order valence-corrected chi connectivity index (χ4v) is 1.92. The smallest absolute Gasteiger partial charge is 0.242 e. The fourth-order valence-electron chi connectivity index (χ4n) is 1.92. The molecule has 112 valence electrons. The summed E-state index contributed by atoms with van der Waals surface area (Å²) >= 11 is 0. The Hall–Kier alpha value is -1.79. The highest BCUT2D eigenvalue weighted by Crippen LogP contribution is 2.33. The Morgan fingerprint density at radius 1 is 1.30 bits per heavy atom. The molecule has 1 atom stereocenters. The van der Waals surface area contributed by atoms with Crippen LogP contribution in [0.15, 0.2) is 18.2 Å². The van der Waals surface area contributed by atoms with E-state index in [1.54, 1.807) is 46.5 Å². The molecule has 6 nitrogen and oxygen atoms in total. The fraction of sp³-hybridized carbons (Fsp3) is 0.500. The first-order chi connectivity index (χ1) is 9.49. The number of hydrogen-bond acceptors (Lipinski definition) is 5. The lowest BCUT2D eigenvalue weighted by atomic mass is 9.90. The lowest BCUT2D eigenvalue weighted by Crippen LogP contribution is -2.51. The normalized spacial score (nSPS) is 13.6. The van der Waals surface area contributed by atoms with E-state index in [1.165, 1.54) is 0 Å². The molecule has 3 N–H and O–H groups in total. The maximum Gasteiger partial charge on any atom is 0.242 e. The quantitative estimate of drug-likeness (QED) is 0.684. The van der Waals surface area contributed by atoms with Gasteiger partial charge in [-0.3, -0.25) is 10.1 Å². The van der Waals surface area contributed by atoms with E-state index < -0.39 is 11.4 Å². The van der Waals surface area contributed by atoms with E-state index in [2.05, 4.69) is 5.32 Å². The van der Waals surface area contributed by atoms with Gasteiger partial charge in [0.15, 0.2) is 0 Å². The minimum absolute atomic E-state index is 0.467. The molecular weight excluding hydrogens is 260 g/mol. The predicted octanol–water partition coefficient (Wildman–Crippen LogP) is 0.640. The number of hydrogen-bond donors (Lipinski definition) is 2. The van der Waals surface area contributed by atoms with Gasteiger partial charge >= 0.3 is 0 Å². The number of rotatable bonds is 8. The third kappa shape index (κ3) is 3.40. The van der Waals surface area contributed by atoms with Crippen molar-refractivity contribution in [1.82, 2.24) is 5.32 Å². The van der Waals surface area contributed by atoms with Crippen LogP contribution in [0.1, 0.15) is 12.5 Å². The van der Waals surface area contributed by atoms with Crippen molar-refractivity contribution in [3.05, 3.63) is 23.8 Å². The van der Waals surface area contributed by atoms with Crippen LogP contribution in [0.5, 0.6) is 11.5 Å². The van der Waals surface area contributed by atoms with E-state index in [0.29, 0.717) is 30.2 Å². The number of nitrogens with one attached hydrogen (secondary N) is 1. The van der Waals surface area contributed by atoms with E-state index in [9.17, 15) is 4.79 Å². The van der Waals surface area contributed by atoms with Crippen molar-refractivity contribution in [2.24, 2.45) is 5.73 Å². The second-order valence-electron chi connectivity index (χ2n) is 4.48. The summed E-state index contributed by atoms with van der Waals surface area (Å²) < 4.78 is 15.5. The summed E-state index contributed by atoms with van der Waals surface area (Å²) in [6.45, 7) is 2.66. The highest BCUT2D eigenvalue weighted by molar-refractivity contribution is 5.86. The molecule has 0 spiro atoms. The molecule has 1 unspecified atom stereocenters. The van der Waals surface area contributed by atoms with Crippen LogP contribution in [0, 0.1) is 0 Å². The summed E-state index contributed by atoms with van der Waals surface area (Å²) in [5.41, 5.74) is 5.12. The lowest BCUT2D eigenvalue weighted by Gasteiger charge is -2.29. The van der Waals surface area contributed by atoms with Crippen LogP contribution in [0.3, 0.4) is 0 Å². The van der Waals surface area contributed by atoms with Crippen LogP contribution in [0.25, 0.3) is 0 Å². The standard InChI is InChI=1S/C14H22N2O4/c1-14(13(15)17,16-7-8-18-2)11-9-10(19-3)5-6-12(11)20-4/h5-6,9,16H,7-8H2,1-4H3,(H2,15,17). The highest BCUT2D eigenvalue weighted by atomic mass is 16.5. The molecule has 0 heterocycles. The zero-order valence-electron chi connectivity index (χ0n) is 12.4. The maximum absolute atomic E-state index is 11.9. The molecule has 1 aromatic carbocycles. The predicted molar refractivity (Wildman–Crippen MR) is 76.0 cm³/mol. The van der Waals surface area contributed by atoms with E-state index >= 15 is 0 Å². The minimum Gasteiger partial charge on any atom is -0.497 e. The molecule has 0 fully saturated rings. The van der Waals surface area contributed by atoms with Gasteiger partial charge in [0.25, 0.3) is 0 Å². The summed E-state index contributed by atoms with van der Waals surface area (Å²) in [5.74, 6) is 0.694. The van der Waals surface area contributed by atoms with E-state index in [0.717, 1.165) is 0 Å². The molecule has 6 heteroatoms. The molecule has 0 aromatic heterocycles. The molecule has 0 saturated heterocycles. The monoisotopic (exact) mass is 282 g/mol. The van der Waals surface area contributed by atoms with Gasteiger partial charge in [-0.2, -0.15) is 0 Å². The topological polar surface area (TPSA) is 82.8 Å². The molecule has 0 aliphatic rings. The molecule has 20 heavy (non-hydrogen) atoms. The number of nitrogens with two attached hydrogens (primary N) is 1. The average molecular weight is 282 g/mol. The van der Waals surface area contributed by atoms with Gasteiger partial charge in [-0.15, -0.1) is 0 Å². The summed E-state index contributed by atoms with van der Waals surface area (Å²) in [6, 6.07) is 5.25. The van der Waals surface area contributed by atoms with Gasteiger partial charge in [0.05, 0.1) is 20.8 Å². The van der Waals surface area contributed by atoms with Crippen molar-refractivity contribution in [1.29, 1.82) is 0 Å². The number of methoxy groups -OCH3 is 3. The third-order valence-electron chi connectivity index (χ3n) is 3.22. The van der Waals surface area contributed by atoms with Gasteiger partial charge in [0.1, 0.15) is 17.0 Å². The first-order valence-corrected chi connectivity index (χ1v) is 6.26.